The third-order valence-corrected chi connectivity index (χ3v) is 12.3. The molecular formula is C57H39N7. The van der Waals surface area contributed by atoms with Crippen LogP contribution in [0.15, 0.2) is 164 Å². The van der Waals surface area contributed by atoms with Crippen molar-refractivity contribution in [1.82, 2.24) is 24.1 Å². The maximum atomic E-state index is 10.4. The number of rotatable bonds is 6. The van der Waals surface area contributed by atoms with Gasteiger partial charge < -0.3 is 9.13 Å². The normalized spacial score (nSPS) is 11.4. The highest BCUT2D eigenvalue weighted by Crippen LogP contribution is 2.41. The van der Waals surface area contributed by atoms with Crippen molar-refractivity contribution in [3.8, 4) is 68.8 Å². The van der Waals surface area contributed by atoms with Crippen LogP contribution in [0.1, 0.15) is 33.4 Å². The lowest BCUT2D eigenvalue weighted by atomic mass is 10.00. The van der Waals surface area contributed by atoms with Crippen LogP contribution < -0.4 is 0 Å². The molecule has 0 atom stereocenters. The van der Waals surface area contributed by atoms with E-state index in [1.54, 1.807) is 0 Å². The molecule has 0 saturated heterocycles. The van der Waals surface area contributed by atoms with Gasteiger partial charge in [0.15, 0.2) is 17.5 Å². The second-order valence-corrected chi connectivity index (χ2v) is 16.7. The molecular weight excluding hydrogens is 783 g/mol. The Hall–Kier alpha value is -8.65. The van der Waals surface area contributed by atoms with Crippen molar-refractivity contribution >= 4 is 43.6 Å². The number of hydrogen-bond donors (Lipinski definition) is 0. The van der Waals surface area contributed by atoms with Gasteiger partial charge in [-0.3, -0.25) is 0 Å². The molecule has 0 aliphatic heterocycles. The van der Waals surface area contributed by atoms with Gasteiger partial charge in [-0.05, 0) is 130 Å². The van der Waals surface area contributed by atoms with Crippen molar-refractivity contribution in [2.24, 2.45) is 0 Å². The highest BCUT2D eigenvalue weighted by Gasteiger charge is 2.23. The van der Waals surface area contributed by atoms with Gasteiger partial charge in [-0.2, -0.15) is 10.5 Å². The van der Waals surface area contributed by atoms with Gasteiger partial charge in [0.25, 0.3) is 0 Å². The summed E-state index contributed by atoms with van der Waals surface area (Å²) in [5, 5.41) is 24.6. The van der Waals surface area contributed by atoms with Crippen LogP contribution in [0.5, 0.6) is 0 Å². The van der Waals surface area contributed by atoms with Gasteiger partial charge in [-0.15, -0.1) is 0 Å². The second-order valence-electron chi connectivity index (χ2n) is 16.7. The molecule has 0 amide bonds. The lowest BCUT2D eigenvalue weighted by Crippen LogP contribution is -2.06. The van der Waals surface area contributed by atoms with Crippen molar-refractivity contribution in [2.75, 3.05) is 0 Å². The van der Waals surface area contributed by atoms with Crippen molar-refractivity contribution in [3.05, 3.63) is 197 Å². The van der Waals surface area contributed by atoms with Gasteiger partial charge in [0.05, 0.1) is 56.7 Å². The van der Waals surface area contributed by atoms with Crippen LogP contribution in [0.4, 0.5) is 0 Å². The topological polar surface area (TPSA) is 96.1 Å². The maximum absolute atomic E-state index is 10.4. The van der Waals surface area contributed by atoms with E-state index in [4.69, 9.17) is 15.0 Å². The Bertz CT molecular complexity index is 3670. The van der Waals surface area contributed by atoms with E-state index in [9.17, 15) is 10.5 Å². The SMILES string of the molecule is Cc1ccc2c(c1)c1cc(C)ccc1n2-c1ccc(C#N)cc1-c1nc(-c2ccccc2)nc(-c2ccc(-c3ccc(C#N)cc3)cc2-n2c3ccc(C)cc3c3cc(C)ccc32)n1. The molecule has 302 valence electrons. The molecule has 7 nitrogen and oxygen atoms in total. The van der Waals surface area contributed by atoms with Crippen LogP contribution >= 0.6 is 0 Å². The predicted molar refractivity (Wildman–Crippen MR) is 259 cm³/mol. The van der Waals surface area contributed by atoms with E-state index in [1.165, 1.54) is 22.3 Å². The number of nitriles is 2. The van der Waals surface area contributed by atoms with E-state index in [0.29, 0.717) is 34.2 Å². The van der Waals surface area contributed by atoms with Crippen LogP contribution in [0, 0.1) is 50.4 Å². The molecule has 8 aromatic carbocycles. The number of nitrogens with zero attached hydrogens (tertiary/aromatic N) is 7. The number of aryl methyl sites for hydroxylation is 4. The molecule has 64 heavy (non-hydrogen) atoms. The van der Waals surface area contributed by atoms with Crippen molar-refractivity contribution < 1.29 is 0 Å². The van der Waals surface area contributed by atoms with Gasteiger partial charge in [0.1, 0.15) is 0 Å². The third-order valence-electron chi connectivity index (χ3n) is 12.3. The third kappa shape index (κ3) is 6.38. The molecule has 11 rings (SSSR count). The molecule has 0 radical (unpaired) electrons. The molecule has 11 aromatic rings. The molecule has 0 fully saturated rings. The first kappa shape index (κ1) is 38.3. The summed E-state index contributed by atoms with van der Waals surface area (Å²) >= 11 is 0. The zero-order valence-electron chi connectivity index (χ0n) is 35.7. The Balaban J connectivity index is 1.23. The molecule has 0 saturated carbocycles. The summed E-state index contributed by atoms with van der Waals surface area (Å²) < 4.78 is 4.59. The maximum Gasteiger partial charge on any atom is 0.166 e. The number of hydrogen-bond acceptors (Lipinski definition) is 5. The minimum Gasteiger partial charge on any atom is -0.308 e. The standard InChI is InChI=1S/C57H39N7/c1-34-10-21-49-44(26-34)45-27-35(2)11-22-50(45)63(49)53-25-16-39(33-59)30-48(53)57-61-55(41-8-6-5-7-9-41)60-56(62-57)43-20-19-42(40-17-14-38(32-58)15-18-40)31-54(43)64-51-23-12-36(3)28-46(51)47-29-37(4)13-24-52(47)64/h5-31H,1-4H3. The number of fused-ring (bicyclic) bond motifs is 6. The van der Waals surface area contributed by atoms with Crippen molar-refractivity contribution in [2.45, 2.75) is 27.7 Å². The highest BCUT2D eigenvalue weighted by atomic mass is 15.1. The molecule has 3 aromatic heterocycles. The van der Waals surface area contributed by atoms with E-state index in [0.717, 1.165) is 77.2 Å². The molecule has 0 aliphatic carbocycles. The fourth-order valence-corrected chi connectivity index (χ4v) is 9.16. The van der Waals surface area contributed by atoms with E-state index < -0.39 is 0 Å². The zero-order valence-corrected chi connectivity index (χ0v) is 35.7. The number of benzene rings is 8. The highest BCUT2D eigenvalue weighted by molar-refractivity contribution is 6.11. The average molecular weight is 822 g/mol. The fraction of sp³-hybridized carbons (Fsp3) is 0.0702. The first-order valence-corrected chi connectivity index (χ1v) is 21.3. The molecule has 7 heteroatoms. The number of aromatic nitrogens is 5. The molecule has 0 spiro atoms. The van der Waals surface area contributed by atoms with E-state index >= 15 is 0 Å². The van der Waals surface area contributed by atoms with Gasteiger partial charge in [-0.1, -0.05) is 95.1 Å². The summed E-state index contributed by atoms with van der Waals surface area (Å²) in [5.41, 5.74) is 16.1. The first-order chi connectivity index (χ1) is 31.2. The zero-order chi connectivity index (χ0) is 43.6. The smallest absolute Gasteiger partial charge is 0.166 e. The Morgan fingerprint density at radius 3 is 1.33 bits per heavy atom. The summed E-state index contributed by atoms with van der Waals surface area (Å²) in [4.78, 5) is 16.0. The molecule has 0 N–H and O–H groups in total. The summed E-state index contributed by atoms with van der Waals surface area (Å²) in [6, 6.07) is 60.8. The minimum atomic E-state index is 0.445. The molecule has 0 bridgehead atoms. The summed E-state index contributed by atoms with van der Waals surface area (Å²) in [7, 11) is 0. The summed E-state index contributed by atoms with van der Waals surface area (Å²) in [6.07, 6.45) is 0. The monoisotopic (exact) mass is 821 g/mol. The minimum absolute atomic E-state index is 0.445. The second kappa shape index (κ2) is 15.1. The Labute approximate surface area is 370 Å². The van der Waals surface area contributed by atoms with Gasteiger partial charge in [-0.25, -0.2) is 15.0 Å². The van der Waals surface area contributed by atoms with E-state index in [-0.39, 0.29) is 0 Å². The Kier molecular flexibility index (Phi) is 9.01. The fourth-order valence-electron chi connectivity index (χ4n) is 9.16. The van der Waals surface area contributed by atoms with E-state index in [2.05, 4.69) is 140 Å². The van der Waals surface area contributed by atoms with E-state index in [1.807, 2.05) is 72.8 Å². The van der Waals surface area contributed by atoms with Crippen LogP contribution in [-0.4, -0.2) is 24.1 Å². The van der Waals surface area contributed by atoms with Crippen LogP contribution in [0.25, 0.3) is 100 Å². The predicted octanol–water partition coefficient (Wildman–Crippen LogP) is 13.7. The largest absolute Gasteiger partial charge is 0.308 e. The summed E-state index contributed by atoms with van der Waals surface area (Å²) in [5.74, 6) is 1.44. The lowest BCUT2D eigenvalue weighted by Gasteiger charge is -2.18. The molecule has 0 aliphatic rings. The molecule has 0 unspecified atom stereocenters. The van der Waals surface area contributed by atoms with Gasteiger partial charge in [0.2, 0.25) is 0 Å². The Morgan fingerprint density at radius 1 is 0.359 bits per heavy atom. The van der Waals surface area contributed by atoms with Gasteiger partial charge >= 0.3 is 0 Å². The van der Waals surface area contributed by atoms with Crippen LogP contribution in [-0.2, 0) is 0 Å². The lowest BCUT2D eigenvalue weighted by molar-refractivity contribution is 1.06. The van der Waals surface area contributed by atoms with Gasteiger partial charge in [0, 0.05) is 38.2 Å². The summed E-state index contributed by atoms with van der Waals surface area (Å²) in [6.45, 7) is 8.50. The van der Waals surface area contributed by atoms with Crippen molar-refractivity contribution in [3.63, 3.8) is 0 Å². The van der Waals surface area contributed by atoms with Crippen LogP contribution in [0.2, 0.25) is 0 Å². The molecule has 3 heterocycles. The average Bonchev–Trinajstić information content (AvgIpc) is 3.81. The quantitative estimate of drug-likeness (QED) is 0.166. The first-order valence-electron chi connectivity index (χ1n) is 21.3. The van der Waals surface area contributed by atoms with Crippen molar-refractivity contribution in [1.29, 1.82) is 10.5 Å². The Morgan fingerprint density at radius 2 is 0.812 bits per heavy atom. The van der Waals surface area contributed by atoms with Crippen LogP contribution in [0.3, 0.4) is 0 Å².